The second kappa shape index (κ2) is 2.93. The van der Waals surface area contributed by atoms with Crippen LogP contribution in [0.4, 0.5) is 18.9 Å². The van der Waals surface area contributed by atoms with Gasteiger partial charge in [0.25, 0.3) is 0 Å². The minimum absolute atomic E-state index is 0.115. The van der Waals surface area contributed by atoms with Crippen LogP contribution < -0.4 is 5.73 Å². The first-order chi connectivity index (χ1) is 5.41. The normalized spacial score (nSPS) is 11.7. The highest BCUT2D eigenvalue weighted by Crippen LogP contribution is 2.33. The van der Waals surface area contributed by atoms with Crippen LogP contribution in [-0.2, 0) is 6.18 Å². The van der Waals surface area contributed by atoms with Crippen LogP contribution in [0.5, 0.6) is 0 Å². The van der Waals surface area contributed by atoms with Crippen molar-refractivity contribution in [3.8, 4) is 0 Å². The summed E-state index contributed by atoms with van der Waals surface area (Å²) in [6.45, 7) is 0. The molecular formula is C6H4BrF3N2. The molecule has 0 aromatic carbocycles. The van der Waals surface area contributed by atoms with Crippen molar-refractivity contribution in [1.82, 2.24) is 4.98 Å². The summed E-state index contributed by atoms with van der Waals surface area (Å²) in [6.07, 6.45) is -3.46. The SMILES string of the molecule is Nc1cnc(Br)cc1C(F)(F)F. The third kappa shape index (κ3) is 1.88. The summed E-state index contributed by atoms with van der Waals surface area (Å²) in [5.74, 6) is 0. The van der Waals surface area contributed by atoms with Crippen LogP contribution in [0, 0.1) is 0 Å². The van der Waals surface area contributed by atoms with Gasteiger partial charge < -0.3 is 5.73 Å². The average molecular weight is 241 g/mol. The highest BCUT2D eigenvalue weighted by atomic mass is 79.9. The number of hydrogen-bond acceptors (Lipinski definition) is 2. The van der Waals surface area contributed by atoms with Crippen molar-refractivity contribution in [2.75, 3.05) is 5.73 Å². The largest absolute Gasteiger partial charge is 0.418 e. The third-order valence-corrected chi connectivity index (χ3v) is 1.64. The number of aromatic nitrogens is 1. The van der Waals surface area contributed by atoms with Gasteiger partial charge in [-0.3, -0.25) is 0 Å². The molecule has 2 N–H and O–H groups in total. The smallest absolute Gasteiger partial charge is 0.397 e. The summed E-state index contributed by atoms with van der Waals surface area (Å²) < 4.78 is 36.4. The molecule has 0 fully saturated rings. The Kier molecular flexibility index (Phi) is 2.27. The lowest BCUT2D eigenvalue weighted by Crippen LogP contribution is -2.09. The number of alkyl halides is 3. The van der Waals surface area contributed by atoms with Gasteiger partial charge in [0.1, 0.15) is 4.60 Å². The molecule has 0 aliphatic rings. The molecule has 0 atom stereocenters. The van der Waals surface area contributed by atoms with Crippen molar-refractivity contribution in [1.29, 1.82) is 0 Å². The van der Waals surface area contributed by atoms with Gasteiger partial charge in [0.2, 0.25) is 0 Å². The van der Waals surface area contributed by atoms with E-state index >= 15 is 0 Å². The van der Waals surface area contributed by atoms with Gasteiger partial charge in [-0.05, 0) is 22.0 Å². The van der Waals surface area contributed by atoms with E-state index in [4.69, 9.17) is 5.73 Å². The maximum Gasteiger partial charge on any atom is 0.418 e. The van der Waals surface area contributed by atoms with Gasteiger partial charge in [-0.2, -0.15) is 13.2 Å². The third-order valence-electron chi connectivity index (χ3n) is 1.21. The Morgan fingerprint density at radius 3 is 2.42 bits per heavy atom. The van der Waals surface area contributed by atoms with E-state index in [1.54, 1.807) is 0 Å². The fourth-order valence-electron chi connectivity index (χ4n) is 0.686. The molecule has 2 nitrogen and oxygen atoms in total. The van der Waals surface area contributed by atoms with Gasteiger partial charge in [-0.1, -0.05) is 0 Å². The number of nitrogens with two attached hydrogens (primary N) is 1. The summed E-state index contributed by atoms with van der Waals surface area (Å²) in [6, 6.07) is 0.843. The molecule has 12 heavy (non-hydrogen) atoms. The number of nitrogen functional groups attached to an aromatic ring is 1. The molecule has 0 spiro atoms. The molecule has 0 bridgehead atoms. The van der Waals surface area contributed by atoms with Crippen LogP contribution in [0.15, 0.2) is 16.9 Å². The number of halogens is 4. The predicted molar refractivity (Wildman–Crippen MR) is 41.4 cm³/mol. The zero-order valence-electron chi connectivity index (χ0n) is 5.69. The molecule has 66 valence electrons. The molecule has 0 saturated carbocycles. The molecular weight excluding hydrogens is 237 g/mol. The molecule has 0 radical (unpaired) electrons. The second-order valence-corrected chi connectivity index (χ2v) is 2.90. The van der Waals surface area contributed by atoms with E-state index in [2.05, 4.69) is 20.9 Å². The average Bonchev–Trinajstić information content (AvgIpc) is 1.92. The van der Waals surface area contributed by atoms with E-state index in [-0.39, 0.29) is 10.3 Å². The molecule has 0 amide bonds. The van der Waals surface area contributed by atoms with E-state index < -0.39 is 11.7 Å². The molecule has 1 aromatic heterocycles. The molecule has 0 aliphatic heterocycles. The van der Waals surface area contributed by atoms with Crippen LogP contribution in [0.3, 0.4) is 0 Å². The Bertz CT molecular complexity index is 297. The Balaban J connectivity index is 3.23. The van der Waals surface area contributed by atoms with E-state index in [9.17, 15) is 13.2 Å². The fraction of sp³-hybridized carbons (Fsp3) is 0.167. The van der Waals surface area contributed by atoms with Crippen molar-refractivity contribution < 1.29 is 13.2 Å². The topological polar surface area (TPSA) is 38.9 Å². The zero-order chi connectivity index (χ0) is 9.35. The van der Waals surface area contributed by atoms with Gasteiger partial charge in [0.05, 0.1) is 17.4 Å². The minimum Gasteiger partial charge on any atom is -0.397 e. The van der Waals surface area contributed by atoms with Crippen molar-refractivity contribution in [3.63, 3.8) is 0 Å². The Hall–Kier alpha value is -0.780. The van der Waals surface area contributed by atoms with Gasteiger partial charge in [0.15, 0.2) is 0 Å². The number of nitrogens with zero attached hydrogens (tertiary/aromatic N) is 1. The van der Waals surface area contributed by atoms with Crippen LogP contribution in [0.2, 0.25) is 0 Å². The van der Waals surface area contributed by atoms with Gasteiger partial charge in [-0.25, -0.2) is 4.98 Å². The first kappa shape index (κ1) is 9.31. The number of hydrogen-bond donors (Lipinski definition) is 1. The number of pyridine rings is 1. The monoisotopic (exact) mass is 240 g/mol. The van der Waals surface area contributed by atoms with Crippen LogP contribution in [0.1, 0.15) is 5.56 Å². The van der Waals surface area contributed by atoms with E-state index in [1.165, 1.54) is 0 Å². The summed E-state index contributed by atoms with van der Waals surface area (Å²) in [7, 11) is 0. The lowest BCUT2D eigenvalue weighted by molar-refractivity contribution is -0.137. The van der Waals surface area contributed by atoms with Crippen LogP contribution in [-0.4, -0.2) is 4.98 Å². The first-order valence-corrected chi connectivity index (χ1v) is 3.69. The van der Waals surface area contributed by atoms with Crippen molar-refractivity contribution in [2.24, 2.45) is 0 Å². The molecule has 1 rings (SSSR count). The number of anilines is 1. The Morgan fingerprint density at radius 2 is 2.00 bits per heavy atom. The maximum atomic E-state index is 12.1. The highest BCUT2D eigenvalue weighted by molar-refractivity contribution is 9.10. The summed E-state index contributed by atoms with van der Waals surface area (Å²) >= 11 is 2.82. The van der Waals surface area contributed by atoms with Crippen LogP contribution in [0.25, 0.3) is 0 Å². The van der Waals surface area contributed by atoms with E-state index in [0.717, 1.165) is 12.3 Å². The standard InChI is InChI=1S/C6H4BrF3N2/c7-5-1-3(6(8,9)10)4(11)2-12-5/h1-2H,11H2. The Morgan fingerprint density at radius 1 is 1.42 bits per heavy atom. The van der Waals surface area contributed by atoms with E-state index in [0.29, 0.717) is 0 Å². The molecule has 6 heteroatoms. The van der Waals surface area contributed by atoms with Crippen molar-refractivity contribution in [2.45, 2.75) is 6.18 Å². The lowest BCUT2D eigenvalue weighted by Gasteiger charge is -2.08. The fourth-order valence-corrected chi connectivity index (χ4v) is 1.02. The minimum atomic E-state index is -4.42. The lowest BCUT2D eigenvalue weighted by atomic mass is 10.2. The first-order valence-electron chi connectivity index (χ1n) is 2.89. The summed E-state index contributed by atoms with van der Waals surface area (Å²) in [4.78, 5) is 3.54. The van der Waals surface area contributed by atoms with Gasteiger partial charge in [-0.15, -0.1) is 0 Å². The molecule has 0 unspecified atom stereocenters. The predicted octanol–water partition coefficient (Wildman–Crippen LogP) is 2.45. The van der Waals surface area contributed by atoms with Crippen LogP contribution >= 0.6 is 15.9 Å². The molecule has 0 saturated heterocycles. The Labute approximate surface area is 74.7 Å². The quantitative estimate of drug-likeness (QED) is 0.708. The van der Waals surface area contributed by atoms with Gasteiger partial charge in [0, 0.05) is 0 Å². The molecule has 0 aliphatic carbocycles. The van der Waals surface area contributed by atoms with Gasteiger partial charge >= 0.3 is 6.18 Å². The number of rotatable bonds is 0. The highest BCUT2D eigenvalue weighted by Gasteiger charge is 2.33. The maximum absolute atomic E-state index is 12.1. The zero-order valence-corrected chi connectivity index (χ0v) is 7.28. The van der Waals surface area contributed by atoms with Crippen molar-refractivity contribution in [3.05, 3.63) is 22.4 Å². The molecule has 1 heterocycles. The second-order valence-electron chi connectivity index (χ2n) is 2.09. The van der Waals surface area contributed by atoms with E-state index in [1.807, 2.05) is 0 Å². The summed E-state index contributed by atoms with van der Waals surface area (Å²) in [5.41, 5.74) is 3.83. The summed E-state index contributed by atoms with van der Waals surface area (Å²) in [5, 5.41) is 0. The van der Waals surface area contributed by atoms with Crippen molar-refractivity contribution >= 4 is 21.6 Å². The molecule has 1 aromatic rings.